The first-order chi connectivity index (χ1) is 17.3. The summed E-state index contributed by atoms with van der Waals surface area (Å²) in [6, 6.07) is 4.65. The van der Waals surface area contributed by atoms with Crippen molar-refractivity contribution in [3.8, 4) is 11.1 Å². The zero-order chi connectivity index (χ0) is 25.4. The molecule has 5 rings (SSSR count). The molecule has 0 saturated carbocycles. The number of likely N-dealkylation sites (tertiary alicyclic amines) is 1. The number of imidazole rings is 1. The molecule has 1 fully saturated rings. The molecule has 1 saturated heterocycles. The van der Waals surface area contributed by atoms with Gasteiger partial charge in [0.2, 0.25) is 5.95 Å². The summed E-state index contributed by atoms with van der Waals surface area (Å²) >= 11 is 0. The predicted molar refractivity (Wildman–Crippen MR) is 134 cm³/mol. The SMILES string of the molecule is Cc1nc2c(F)cc(-c3cc(Nc4ncc(CN5CCC(O)CC5)cn4)ncc3F)cc2n1C(C)C. The molecule has 1 aliphatic heterocycles. The molecular formula is C26H29F2N7O. The van der Waals surface area contributed by atoms with Crippen molar-refractivity contribution < 1.29 is 13.9 Å². The number of aromatic nitrogens is 5. The van der Waals surface area contributed by atoms with E-state index in [-0.39, 0.29) is 23.2 Å². The second-order valence-electron chi connectivity index (χ2n) is 9.55. The minimum atomic E-state index is -0.561. The Morgan fingerprint density at radius 1 is 1.03 bits per heavy atom. The molecule has 0 radical (unpaired) electrons. The maximum Gasteiger partial charge on any atom is 0.228 e. The van der Waals surface area contributed by atoms with E-state index in [1.165, 1.54) is 12.1 Å². The van der Waals surface area contributed by atoms with Crippen LogP contribution in [0.25, 0.3) is 22.2 Å². The fourth-order valence-electron chi connectivity index (χ4n) is 4.76. The Morgan fingerprint density at radius 2 is 1.75 bits per heavy atom. The molecule has 0 unspecified atom stereocenters. The number of pyridine rings is 1. The van der Waals surface area contributed by atoms with Gasteiger partial charge in [0.25, 0.3) is 0 Å². The van der Waals surface area contributed by atoms with Gasteiger partial charge in [-0.25, -0.2) is 28.7 Å². The van der Waals surface area contributed by atoms with Crippen LogP contribution in [0, 0.1) is 18.6 Å². The third-order valence-electron chi connectivity index (χ3n) is 6.52. The number of aryl methyl sites for hydroxylation is 1. The quantitative estimate of drug-likeness (QED) is 0.400. The van der Waals surface area contributed by atoms with Crippen molar-refractivity contribution in [3.05, 3.63) is 59.8 Å². The highest BCUT2D eigenvalue weighted by Crippen LogP contribution is 2.32. The Kier molecular flexibility index (Phi) is 6.63. The van der Waals surface area contributed by atoms with E-state index in [0.29, 0.717) is 35.2 Å². The molecule has 4 aromatic rings. The molecule has 0 atom stereocenters. The summed E-state index contributed by atoms with van der Waals surface area (Å²) in [7, 11) is 0. The lowest BCUT2D eigenvalue weighted by molar-refractivity contribution is 0.0791. The Bertz CT molecular complexity index is 1380. The average Bonchev–Trinajstić information content (AvgIpc) is 3.19. The number of aliphatic hydroxyl groups excluding tert-OH is 1. The summed E-state index contributed by atoms with van der Waals surface area (Å²) in [4.78, 5) is 19.4. The molecule has 0 amide bonds. The zero-order valence-electron chi connectivity index (χ0n) is 20.5. The number of halogens is 2. The normalized spacial score (nSPS) is 15.2. The molecule has 0 spiro atoms. The summed E-state index contributed by atoms with van der Waals surface area (Å²) in [6.07, 6.45) is 5.92. The van der Waals surface area contributed by atoms with Crippen molar-refractivity contribution in [1.82, 2.24) is 29.4 Å². The van der Waals surface area contributed by atoms with Crippen LogP contribution in [-0.2, 0) is 6.54 Å². The van der Waals surface area contributed by atoms with Gasteiger partial charge in [-0.2, -0.15) is 0 Å². The van der Waals surface area contributed by atoms with Crippen LogP contribution < -0.4 is 5.32 Å². The summed E-state index contributed by atoms with van der Waals surface area (Å²) in [5.74, 6) is 0.311. The number of rotatable bonds is 6. The lowest BCUT2D eigenvalue weighted by atomic mass is 10.0. The Balaban J connectivity index is 1.38. The van der Waals surface area contributed by atoms with Gasteiger partial charge in [0.15, 0.2) is 5.82 Å². The first-order valence-corrected chi connectivity index (χ1v) is 12.1. The third-order valence-corrected chi connectivity index (χ3v) is 6.52. The van der Waals surface area contributed by atoms with Crippen LogP contribution in [-0.4, -0.2) is 53.7 Å². The van der Waals surface area contributed by atoms with E-state index in [0.717, 1.165) is 37.7 Å². The molecule has 1 aromatic carbocycles. The number of nitrogens with zero attached hydrogens (tertiary/aromatic N) is 6. The molecule has 2 N–H and O–H groups in total. The summed E-state index contributed by atoms with van der Waals surface area (Å²) in [5, 5.41) is 12.7. The minimum absolute atomic E-state index is 0.0748. The average molecular weight is 494 g/mol. The van der Waals surface area contributed by atoms with Gasteiger partial charge < -0.3 is 15.0 Å². The van der Waals surface area contributed by atoms with Crippen LogP contribution in [0.4, 0.5) is 20.5 Å². The first kappa shape index (κ1) is 24.2. The van der Waals surface area contributed by atoms with Crippen LogP contribution in [0.2, 0.25) is 0 Å². The van der Waals surface area contributed by atoms with Crippen molar-refractivity contribution in [3.63, 3.8) is 0 Å². The topological polar surface area (TPSA) is 92.0 Å². The minimum Gasteiger partial charge on any atom is -0.393 e. The fourth-order valence-corrected chi connectivity index (χ4v) is 4.76. The molecule has 10 heteroatoms. The first-order valence-electron chi connectivity index (χ1n) is 12.1. The molecule has 3 aromatic heterocycles. The molecule has 36 heavy (non-hydrogen) atoms. The van der Waals surface area contributed by atoms with E-state index in [9.17, 15) is 13.9 Å². The molecule has 188 valence electrons. The smallest absolute Gasteiger partial charge is 0.228 e. The maximum absolute atomic E-state index is 14.9. The van der Waals surface area contributed by atoms with Crippen LogP contribution in [0.3, 0.4) is 0 Å². The number of fused-ring (bicyclic) bond motifs is 1. The van der Waals surface area contributed by atoms with Crippen molar-refractivity contribution in [2.45, 2.75) is 52.3 Å². The number of hydrogen-bond donors (Lipinski definition) is 2. The zero-order valence-corrected chi connectivity index (χ0v) is 20.5. The lowest BCUT2D eigenvalue weighted by Crippen LogP contribution is -2.35. The molecule has 8 nitrogen and oxygen atoms in total. The van der Waals surface area contributed by atoms with Gasteiger partial charge in [-0.1, -0.05) is 0 Å². The van der Waals surface area contributed by atoms with Gasteiger partial charge in [-0.15, -0.1) is 0 Å². The van der Waals surface area contributed by atoms with Crippen molar-refractivity contribution in [1.29, 1.82) is 0 Å². The van der Waals surface area contributed by atoms with Crippen molar-refractivity contribution in [2.24, 2.45) is 0 Å². The number of nitrogens with one attached hydrogen (secondary N) is 1. The Hall–Kier alpha value is -3.50. The third kappa shape index (κ3) is 4.91. The monoisotopic (exact) mass is 493 g/mol. The van der Waals surface area contributed by atoms with E-state index < -0.39 is 11.6 Å². The second kappa shape index (κ2) is 9.87. The molecule has 0 aliphatic carbocycles. The van der Waals surface area contributed by atoms with Crippen LogP contribution in [0.15, 0.2) is 36.8 Å². The van der Waals surface area contributed by atoms with Gasteiger partial charge in [0.05, 0.1) is 17.8 Å². The highest BCUT2D eigenvalue weighted by molar-refractivity contribution is 5.84. The van der Waals surface area contributed by atoms with Crippen molar-refractivity contribution >= 4 is 22.8 Å². The van der Waals surface area contributed by atoms with Gasteiger partial charge in [0, 0.05) is 49.2 Å². The summed E-state index contributed by atoms with van der Waals surface area (Å²) in [6.45, 7) is 8.22. The maximum atomic E-state index is 14.9. The number of benzene rings is 1. The van der Waals surface area contributed by atoms with Gasteiger partial charge in [0.1, 0.15) is 23.0 Å². The highest BCUT2D eigenvalue weighted by Gasteiger charge is 2.19. The van der Waals surface area contributed by atoms with E-state index >= 15 is 0 Å². The van der Waals surface area contributed by atoms with E-state index in [4.69, 9.17) is 0 Å². The number of aliphatic hydroxyl groups is 1. The van der Waals surface area contributed by atoms with Crippen LogP contribution in [0.1, 0.15) is 44.1 Å². The van der Waals surface area contributed by atoms with Crippen molar-refractivity contribution in [2.75, 3.05) is 18.4 Å². The van der Waals surface area contributed by atoms with E-state index in [2.05, 4.69) is 30.2 Å². The second-order valence-corrected chi connectivity index (χ2v) is 9.55. The molecule has 0 bridgehead atoms. The van der Waals surface area contributed by atoms with Crippen LogP contribution >= 0.6 is 0 Å². The largest absolute Gasteiger partial charge is 0.393 e. The van der Waals surface area contributed by atoms with Gasteiger partial charge in [-0.3, -0.25) is 4.90 Å². The molecular weight excluding hydrogens is 464 g/mol. The molecule has 4 heterocycles. The summed E-state index contributed by atoms with van der Waals surface area (Å²) in [5.41, 5.74) is 2.46. The van der Waals surface area contributed by atoms with E-state index in [1.807, 2.05) is 25.3 Å². The number of anilines is 2. The summed E-state index contributed by atoms with van der Waals surface area (Å²) < 4.78 is 31.7. The lowest BCUT2D eigenvalue weighted by Gasteiger charge is -2.29. The standard InChI is InChI=1S/C26H29F2N7O/c1-15(2)35-16(3)32-25-21(27)8-18(9-23(25)35)20-10-24(29-13-22(20)28)33-26-30-11-17(12-31-26)14-34-6-4-19(36)5-7-34/h8-13,15,19,36H,4-7,14H2,1-3H3,(H,29,30,31,33). The van der Waals surface area contributed by atoms with E-state index in [1.54, 1.807) is 18.5 Å². The highest BCUT2D eigenvalue weighted by atomic mass is 19.1. The van der Waals surface area contributed by atoms with Crippen LogP contribution in [0.5, 0.6) is 0 Å². The van der Waals surface area contributed by atoms with Gasteiger partial charge >= 0.3 is 0 Å². The Morgan fingerprint density at radius 3 is 2.44 bits per heavy atom. The predicted octanol–water partition coefficient (Wildman–Crippen LogP) is 4.76. The molecule has 1 aliphatic rings. The fraction of sp³-hybridized carbons (Fsp3) is 0.385. The van der Waals surface area contributed by atoms with Gasteiger partial charge in [-0.05, 0) is 57.4 Å². The number of piperidine rings is 1. The Labute approximate surface area is 208 Å². The number of hydrogen-bond acceptors (Lipinski definition) is 7.